The van der Waals surface area contributed by atoms with E-state index in [1.54, 1.807) is 12.1 Å². The summed E-state index contributed by atoms with van der Waals surface area (Å²) in [7, 11) is -3.11. The fourth-order valence-corrected chi connectivity index (χ4v) is 3.71. The van der Waals surface area contributed by atoms with Crippen molar-refractivity contribution in [3.63, 3.8) is 0 Å². The molecule has 0 spiro atoms. The van der Waals surface area contributed by atoms with Gasteiger partial charge in [-0.2, -0.15) is 0 Å². The first-order chi connectivity index (χ1) is 10.5. The van der Waals surface area contributed by atoms with Crippen molar-refractivity contribution in [3.8, 4) is 0 Å². The highest BCUT2D eigenvalue weighted by Gasteiger charge is 2.22. The van der Waals surface area contributed by atoms with E-state index in [2.05, 4.69) is 17.1 Å². The van der Waals surface area contributed by atoms with Crippen LogP contribution in [0.2, 0.25) is 0 Å². The third kappa shape index (κ3) is 6.89. The van der Waals surface area contributed by atoms with Crippen molar-refractivity contribution >= 4 is 34.7 Å². The molecule has 1 N–H and O–H groups in total. The number of rotatable bonds is 7. The minimum atomic E-state index is -3.11. The molecule has 1 aromatic carbocycles. The monoisotopic (exact) mass is 396 g/mol. The summed E-state index contributed by atoms with van der Waals surface area (Å²) in [6.07, 6.45) is 6.10. The number of nitrogens with one attached hydrogen (secondary N) is 1. The third-order valence-electron chi connectivity index (χ3n) is 4.37. The highest BCUT2D eigenvalue weighted by Crippen LogP contribution is 2.28. The van der Waals surface area contributed by atoms with E-state index in [9.17, 15) is 8.42 Å². The number of halogens is 2. The second-order valence-corrected chi connectivity index (χ2v) is 8.15. The first-order valence-electron chi connectivity index (χ1n) is 8.27. The van der Waals surface area contributed by atoms with Gasteiger partial charge in [-0.1, -0.05) is 38.3 Å². The van der Waals surface area contributed by atoms with E-state index in [0.29, 0.717) is 10.9 Å². The van der Waals surface area contributed by atoms with Gasteiger partial charge in [0, 0.05) is 38.5 Å². The maximum atomic E-state index is 11.6. The van der Waals surface area contributed by atoms with Crippen molar-refractivity contribution in [3.05, 3.63) is 29.8 Å². The molecule has 0 radical (unpaired) electrons. The van der Waals surface area contributed by atoms with Crippen LogP contribution in [-0.4, -0.2) is 45.8 Å². The van der Waals surface area contributed by atoms with Crippen molar-refractivity contribution < 1.29 is 8.42 Å². The summed E-state index contributed by atoms with van der Waals surface area (Å²) in [4.78, 5) is 2.94. The minimum Gasteiger partial charge on any atom is -0.314 e. The van der Waals surface area contributed by atoms with E-state index in [1.165, 1.54) is 31.1 Å². The van der Waals surface area contributed by atoms with Gasteiger partial charge in [-0.15, -0.1) is 24.8 Å². The number of nitrogens with zero attached hydrogens (tertiary/aromatic N) is 1. The zero-order valence-corrected chi connectivity index (χ0v) is 17.0. The lowest BCUT2D eigenvalue weighted by molar-refractivity contribution is 0.162. The molecule has 2 rings (SSSR count). The van der Waals surface area contributed by atoms with Gasteiger partial charge in [-0.05, 0) is 24.1 Å². The molecule has 1 aliphatic heterocycles. The van der Waals surface area contributed by atoms with Crippen LogP contribution in [0.4, 0.5) is 0 Å². The largest absolute Gasteiger partial charge is 0.314 e. The highest BCUT2D eigenvalue weighted by molar-refractivity contribution is 7.90. The SMILES string of the molecule is CCCCC[C@@H](c1ccc(S(C)(=O)=O)cc1)N1CCNCC1.Cl.Cl. The molecular weight excluding hydrogens is 367 g/mol. The Bertz CT molecular complexity index is 558. The molecule has 1 saturated heterocycles. The second-order valence-electron chi connectivity index (χ2n) is 6.14. The maximum absolute atomic E-state index is 11.6. The van der Waals surface area contributed by atoms with Gasteiger partial charge in [-0.3, -0.25) is 4.90 Å². The van der Waals surface area contributed by atoms with Crippen molar-refractivity contribution in [1.29, 1.82) is 0 Å². The topological polar surface area (TPSA) is 49.4 Å². The molecule has 1 atom stereocenters. The Hall–Kier alpha value is -0.330. The molecule has 0 unspecified atom stereocenters. The molecule has 1 aromatic rings. The van der Waals surface area contributed by atoms with Gasteiger partial charge in [0.2, 0.25) is 0 Å². The summed E-state index contributed by atoms with van der Waals surface area (Å²) in [5, 5.41) is 3.40. The van der Waals surface area contributed by atoms with E-state index in [-0.39, 0.29) is 24.8 Å². The normalized spacial score (nSPS) is 16.8. The smallest absolute Gasteiger partial charge is 0.175 e. The van der Waals surface area contributed by atoms with Crippen molar-refractivity contribution in [2.45, 2.75) is 43.5 Å². The average molecular weight is 397 g/mol. The Kier molecular flexibility index (Phi) is 11.2. The highest BCUT2D eigenvalue weighted by atomic mass is 35.5. The lowest BCUT2D eigenvalue weighted by Gasteiger charge is -2.35. The summed E-state index contributed by atoms with van der Waals surface area (Å²) in [5.74, 6) is 0. The molecule has 0 aromatic heterocycles. The molecule has 4 nitrogen and oxygen atoms in total. The Morgan fingerprint density at radius 2 is 1.67 bits per heavy atom. The van der Waals surface area contributed by atoms with E-state index >= 15 is 0 Å². The van der Waals surface area contributed by atoms with E-state index in [4.69, 9.17) is 0 Å². The zero-order chi connectivity index (χ0) is 16.0. The minimum absolute atomic E-state index is 0. The van der Waals surface area contributed by atoms with Crippen LogP contribution in [0.5, 0.6) is 0 Å². The quantitative estimate of drug-likeness (QED) is 0.716. The summed E-state index contributed by atoms with van der Waals surface area (Å²) < 4.78 is 23.2. The van der Waals surface area contributed by atoms with Gasteiger partial charge in [0.15, 0.2) is 9.84 Å². The van der Waals surface area contributed by atoms with Crippen LogP contribution in [0, 0.1) is 0 Å². The number of unbranched alkanes of at least 4 members (excludes halogenated alkanes) is 2. The van der Waals surface area contributed by atoms with Crippen LogP contribution in [-0.2, 0) is 9.84 Å². The lowest BCUT2D eigenvalue weighted by Crippen LogP contribution is -2.45. The van der Waals surface area contributed by atoms with Crippen LogP contribution < -0.4 is 5.32 Å². The van der Waals surface area contributed by atoms with Crippen LogP contribution in [0.1, 0.15) is 44.2 Å². The van der Waals surface area contributed by atoms with Crippen LogP contribution in [0.15, 0.2) is 29.2 Å². The van der Waals surface area contributed by atoms with Gasteiger partial charge >= 0.3 is 0 Å². The fraction of sp³-hybridized carbons (Fsp3) is 0.647. The van der Waals surface area contributed by atoms with Gasteiger partial charge in [0.05, 0.1) is 4.90 Å². The van der Waals surface area contributed by atoms with Gasteiger partial charge in [0.25, 0.3) is 0 Å². The predicted octanol–water partition coefficient (Wildman–Crippen LogP) is 3.46. The molecule has 1 fully saturated rings. The maximum Gasteiger partial charge on any atom is 0.175 e. The first kappa shape index (κ1) is 23.7. The number of sulfone groups is 1. The molecule has 1 heterocycles. The molecule has 7 heteroatoms. The van der Waals surface area contributed by atoms with Gasteiger partial charge in [-0.25, -0.2) is 8.42 Å². The summed E-state index contributed by atoms with van der Waals surface area (Å²) in [6, 6.07) is 7.89. The third-order valence-corrected chi connectivity index (χ3v) is 5.49. The van der Waals surface area contributed by atoms with Crippen LogP contribution in [0.3, 0.4) is 0 Å². The lowest BCUT2D eigenvalue weighted by atomic mass is 9.98. The predicted molar refractivity (Wildman–Crippen MR) is 105 cm³/mol. The molecule has 140 valence electrons. The Morgan fingerprint density at radius 3 is 2.17 bits per heavy atom. The summed E-state index contributed by atoms with van der Waals surface area (Å²) >= 11 is 0. The Labute approximate surface area is 159 Å². The van der Waals surface area contributed by atoms with Crippen LogP contribution in [0.25, 0.3) is 0 Å². The summed E-state index contributed by atoms with van der Waals surface area (Å²) in [6.45, 7) is 6.41. The number of hydrogen-bond acceptors (Lipinski definition) is 4. The Morgan fingerprint density at radius 1 is 1.08 bits per heavy atom. The molecular formula is C17H30Cl2N2O2S. The first-order valence-corrected chi connectivity index (χ1v) is 10.2. The van der Waals surface area contributed by atoms with E-state index in [1.807, 2.05) is 12.1 Å². The average Bonchev–Trinajstić information content (AvgIpc) is 2.52. The Balaban J connectivity index is 0.00000264. The molecule has 1 aliphatic rings. The van der Waals surface area contributed by atoms with Gasteiger partial charge in [0.1, 0.15) is 0 Å². The fourth-order valence-electron chi connectivity index (χ4n) is 3.08. The van der Waals surface area contributed by atoms with E-state index in [0.717, 1.165) is 32.6 Å². The number of piperazine rings is 1. The summed E-state index contributed by atoms with van der Waals surface area (Å²) in [5.41, 5.74) is 1.24. The molecule has 0 bridgehead atoms. The molecule has 0 saturated carbocycles. The molecule has 0 amide bonds. The molecule has 0 aliphatic carbocycles. The van der Waals surface area contributed by atoms with Crippen molar-refractivity contribution in [1.82, 2.24) is 10.2 Å². The second kappa shape index (κ2) is 11.3. The van der Waals surface area contributed by atoms with Crippen molar-refractivity contribution in [2.24, 2.45) is 0 Å². The van der Waals surface area contributed by atoms with Crippen LogP contribution >= 0.6 is 24.8 Å². The molecule has 24 heavy (non-hydrogen) atoms. The van der Waals surface area contributed by atoms with Gasteiger partial charge < -0.3 is 5.32 Å². The number of benzene rings is 1. The standard InChI is InChI=1S/C17H28N2O2S.2ClH/c1-3-4-5-6-17(19-13-11-18-12-14-19)15-7-9-16(10-8-15)22(2,20)21;;/h7-10,17-18H,3-6,11-14H2,1-2H3;2*1H/t17-;;/m0../s1. The van der Waals surface area contributed by atoms with Crippen molar-refractivity contribution in [2.75, 3.05) is 32.4 Å². The van der Waals surface area contributed by atoms with E-state index < -0.39 is 9.84 Å². The number of hydrogen-bond donors (Lipinski definition) is 1. The zero-order valence-electron chi connectivity index (χ0n) is 14.5.